The number of amides is 2. The van der Waals surface area contributed by atoms with E-state index in [2.05, 4.69) is 29.5 Å². The van der Waals surface area contributed by atoms with Gasteiger partial charge in [0.2, 0.25) is 11.8 Å². The summed E-state index contributed by atoms with van der Waals surface area (Å²) in [5.74, 6) is 0.145. The van der Waals surface area contributed by atoms with Gasteiger partial charge in [-0.25, -0.2) is 9.37 Å². The minimum atomic E-state index is -1.02. The Hall–Kier alpha value is -2.97. The van der Waals surface area contributed by atoms with Gasteiger partial charge < -0.3 is 20.4 Å². The third kappa shape index (κ3) is 4.93. The zero-order chi connectivity index (χ0) is 27.9. The van der Waals surface area contributed by atoms with Gasteiger partial charge in [-0.3, -0.25) is 9.59 Å². The van der Waals surface area contributed by atoms with Crippen LogP contribution in [-0.4, -0.2) is 48.1 Å². The molecule has 2 aliphatic rings. The molecule has 7 nitrogen and oxygen atoms in total. The van der Waals surface area contributed by atoms with Crippen molar-refractivity contribution in [1.29, 1.82) is 0 Å². The van der Waals surface area contributed by atoms with Crippen LogP contribution >= 0.6 is 11.6 Å². The SMILES string of the molecule is COCC(C)(C(=O)N[C@H]1C(=O)NCC12CCC2)c1ccc2nc(CC(c3cccc(F)c3Cl)C(C)C)[nH]c2c1. The molecular weight excluding hydrogens is 519 g/mol. The van der Waals surface area contributed by atoms with Crippen molar-refractivity contribution in [3.8, 4) is 0 Å². The maximum atomic E-state index is 14.2. The van der Waals surface area contributed by atoms with Crippen molar-refractivity contribution in [3.63, 3.8) is 0 Å². The number of ether oxygens (including phenoxy) is 1. The molecule has 9 heteroatoms. The van der Waals surface area contributed by atoms with Gasteiger partial charge in [0, 0.05) is 25.5 Å². The van der Waals surface area contributed by atoms with E-state index in [1.165, 1.54) is 6.07 Å². The van der Waals surface area contributed by atoms with Crippen molar-refractivity contribution in [2.24, 2.45) is 11.3 Å². The van der Waals surface area contributed by atoms with Crippen molar-refractivity contribution in [2.75, 3.05) is 20.3 Å². The fraction of sp³-hybridized carbons (Fsp3) is 0.500. The molecule has 3 aromatic rings. The molecule has 0 bridgehead atoms. The van der Waals surface area contributed by atoms with Crippen LogP contribution in [0.15, 0.2) is 36.4 Å². The predicted octanol–water partition coefficient (Wildman–Crippen LogP) is 5.03. The zero-order valence-electron chi connectivity index (χ0n) is 22.9. The number of methoxy groups -OCH3 is 1. The van der Waals surface area contributed by atoms with E-state index in [1.807, 2.05) is 31.2 Å². The number of carbonyl (C=O) groups is 2. The highest BCUT2D eigenvalue weighted by atomic mass is 35.5. The number of nitrogens with one attached hydrogen (secondary N) is 3. The number of fused-ring (bicyclic) bond motifs is 1. The Morgan fingerprint density at radius 2 is 2.08 bits per heavy atom. The summed E-state index contributed by atoms with van der Waals surface area (Å²) in [6, 6.07) is 10.1. The summed E-state index contributed by atoms with van der Waals surface area (Å²) in [7, 11) is 1.57. The lowest BCUT2D eigenvalue weighted by Gasteiger charge is -2.42. The largest absolute Gasteiger partial charge is 0.383 e. The predicted molar refractivity (Wildman–Crippen MR) is 149 cm³/mol. The fourth-order valence-corrected chi connectivity index (χ4v) is 6.41. The molecule has 39 heavy (non-hydrogen) atoms. The first-order valence-corrected chi connectivity index (χ1v) is 14.0. The van der Waals surface area contributed by atoms with E-state index in [1.54, 1.807) is 13.2 Å². The summed E-state index contributed by atoms with van der Waals surface area (Å²) in [6.07, 6.45) is 3.48. The van der Waals surface area contributed by atoms with Crippen LogP contribution in [0.1, 0.15) is 62.9 Å². The van der Waals surface area contributed by atoms with Gasteiger partial charge in [-0.05, 0) is 60.9 Å². The third-order valence-electron chi connectivity index (χ3n) is 8.82. The van der Waals surface area contributed by atoms with Crippen LogP contribution < -0.4 is 10.6 Å². The van der Waals surface area contributed by atoms with Crippen molar-refractivity contribution in [2.45, 2.75) is 63.8 Å². The van der Waals surface area contributed by atoms with Crippen LogP contribution in [0.25, 0.3) is 11.0 Å². The molecule has 1 aliphatic carbocycles. The van der Waals surface area contributed by atoms with Gasteiger partial charge in [0.05, 0.1) is 28.1 Å². The molecule has 3 atom stereocenters. The number of hydrogen-bond acceptors (Lipinski definition) is 4. The number of hydrogen-bond donors (Lipinski definition) is 3. The summed E-state index contributed by atoms with van der Waals surface area (Å²) < 4.78 is 19.7. The molecule has 5 rings (SSSR count). The molecule has 1 aromatic heterocycles. The van der Waals surface area contributed by atoms with E-state index in [9.17, 15) is 14.0 Å². The van der Waals surface area contributed by atoms with Crippen molar-refractivity contribution in [3.05, 3.63) is 64.2 Å². The van der Waals surface area contributed by atoms with Crippen LogP contribution in [0.3, 0.4) is 0 Å². The summed E-state index contributed by atoms with van der Waals surface area (Å²) in [4.78, 5) is 34.5. The number of halogens is 2. The summed E-state index contributed by atoms with van der Waals surface area (Å²) in [5, 5.41) is 6.15. The highest BCUT2D eigenvalue weighted by Crippen LogP contribution is 2.46. The number of carbonyl (C=O) groups excluding carboxylic acids is 2. The molecule has 2 heterocycles. The van der Waals surface area contributed by atoms with Gasteiger partial charge in [0.1, 0.15) is 17.7 Å². The number of rotatable bonds is 9. The van der Waals surface area contributed by atoms with E-state index in [0.29, 0.717) is 13.0 Å². The normalized spacial score (nSPS) is 20.6. The molecular formula is C30H36ClFN4O3. The monoisotopic (exact) mass is 554 g/mol. The smallest absolute Gasteiger partial charge is 0.243 e. The number of benzene rings is 2. The van der Waals surface area contributed by atoms with Crippen molar-refractivity contribution < 1.29 is 18.7 Å². The van der Waals surface area contributed by atoms with Gasteiger partial charge in [-0.15, -0.1) is 0 Å². The Bertz CT molecular complexity index is 1400. The molecule has 2 amide bonds. The highest BCUT2D eigenvalue weighted by molar-refractivity contribution is 6.31. The van der Waals surface area contributed by atoms with Crippen LogP contribution in [-0.2, 0) is 26.2 Å². The molecule has 1 saturated heterocycles. The van der Waals surface area contributed by atoms with Gasteiger partial charge >= 0.3 is 0 Å². The van der Waals surface area contributed by atoms with Crippen LogP contribution in [0.5, 0.6) is 0 Å². The number of H-pyrrole nitrogens is 1. The van der Waals surface area contributed by atoms with Crippen molar-refractivity contribution >= 4 is 34.4 Å². The minimum absolute atomic E-state index is 0.0332. The summed E-state index contributed by atoms with van der Waals surface area (Å²) in [5.41, 5.74) is 1.89. The topological polar surface area (TPSA) is 96.1 Å². The second-order valence-electron chi connectivity index (χ2n) is 11.7. The zero-order valence-corrected chi connectivity index (χ0v) is 23.6. The van der Waals surface area contributed by atoms with E-state index >= 15 is 0 Å². The Morgan fingerprint density at radius 3 is 2.74 bits per heavy atom. The third-order valence-corrected chi connectivity index (χ3v) is 9.21. The second kappa shape index (κ2) is 10.5. The average Bonchev–Trinajstić information content (AvgIpc) is 3.44. The van der Waals surface area contributed by atoms with Gasteiger partial charge in [0.15, 0.2) is 0 Å². The summed E-state index contributed by atoms with van der Waals surface area (Å²) in [6.45, 7) is 6.77. The Labute approximate surface area is 233 Å². The Balaban J connectivity index is 1.42. The van der Waals surface area contributed by atoms with Crippen molar-refractivity contribution in [1.82, 2.24) is 20.6 Å². The molecule has 2 aromatic carbocycles. The first-order valence-electron chi connectivity index (χ1n) is 13.6. The van der Waals surface area contributed by atoms with E-state index in [-0.39, 0.29) is 40.7 Å². The number of nitrogens with zero attached hydrogens (tertiary/aromatic N) is 1. The number of aromatic amines is 1. The fourth-order valence-electron chi connectivity index (χ4n) is 6.14. The number of aromatic nitrogens is 2. The first-order chi connectivity index (χ1) is 18.6. The van der Waals surface area contributed by atoms with Crippen LogP contribution in [0.2, 0.25) is 5.02 Å². The molecule has 1 saturated carbocycles. The van der Waals surface area contributed by atoms with Gasteiger partial charge in [0.25, 0.3) is 0 Å². The molecule has 1 spiro atoms. The average molecular weight is 555 g/mol. The molecule has 2 unspecified atom stereocenters. The maximum Gasteiger partial charge on any atom is 0.243 e. The minimum Gasteiger partial charge on any atom is -0.383 e. The molecule has 2 fully saturated rings. The lowest BCUT2D eigenvalue weighted by molar-refractivity contribution is -0.134. The van der Waals surface area contributed by atoms with E-state index in [4.69, 9.17) is 21.3 Å². The quantitative estimate of drug-likeness (QED) is 0.346. The highest BCUT2D eigenvalue weighted by Gasteiger charge is 2.53. The standard InChI is InChI=1S/C30H36ClFN4O3/c1-17(2)20(19-7-5-8-21(32)25(19)31)14-24-34-22-10-9-18(13-23(22)35-24)29(3,16-39-4)28(38)36-26-27(37)33-15-30(26)11-6-12-30/h5,7-10,13,17,20,26H,6,11-12,14-16H2,1-4H3,(H,33,37)(H,34,35)(H,36,38)/t20?,26-,29?/m0/s1. The lowest BCUT2D eigenvalue weighted by Crippen LogP contribution is -2.57. The van der Waals surface area contributed by atoms with Gasteiger partial charge in [-0.1, -0.05) is 50.1 Å². The number of imidazole rings is 1. The Kier molecular flexibility index (Phi) is 7.46. The molecule has 208 valence electrons. The van der Waals surface area contributed by atoms with E-state index < -0.39 is 17.3 Å². The van der Waals surface area contributed by atoms with Gasteiger partial charge in [-0.2, -0.15) is 0 Å². The summed E-state index contributed by atoms with van der Waals surface area (Å²) >= 11 is 6.33. The first kappa shape index (κ1) is 27.6. The Morgan fingerprint density at radius 1 is 1.31 bits per heavy atom. The maximum absolute atomic E-state index is 14.2. The molecule has 1 aliphatic heterocycles. The molecule has 3 N–H and O–H groups in total. The van der Waals surface area contributed by atoms with Crippen LogP contribution in [0, 0.1) is 17.2 Å². The lowest BCUT2D eigenvalue weighted by atomic mass is 9.65. The molecule has 0 radical (unpaired) electrons. The van der Waals surface area contributed by atoms with Crippen LogP contribution in [0.4, 0.5) is 4.39 Å². The second-order valence-corrected chi connectivity index (χ2v) is 12.1. The van der Waals surface area contributed by atoms with E-state index in [0.717, 1.165) is 47.2 Å².